The predicted octanol–water partition coefficient (Wildman–Crippen LogP) is 0.869. The molecular weight excluding hydrogens is 208 g/mol. The molecule has 0 aliphatic carbocycles. The molecule has 0 saturated heterocycles. The summed E-state index contributed by atoms with van der Waals surface area (Å²) in [5, 5.41) is 11.7. The molecule has 1 amide bonds. The first kappa shape index (κ1) is 10.2. The average Bonchev–Trinajstić information content (AvgIpc) is 2.68. The van der Waals surface area contributed by atoms with Crippen molar-refractivity contribution < 1.29 is 14.7 Å². The van der Waals surface area contributed by atoms with Crippen LogP contribution in [-0.2, 0) is 16.1 Å². The number of carboxylic acids is 1. The zero-order chi connectivity index (χ0) is 11.5. The number of aliphatic carboxylic acids is 1. The van der Waals surface area contributed by atoms with Gasteiger partial charge in [0.1, 0.15) is 0 Å². The molecule has 0 bridgehead atoms. The lowest BCUT2D eigenvalue weighted by Gasteiger charge is -1.98. The standard InChI is InChI=1S/C11H10N2O3/c14-10(11(15)16)12-6-8-5-7-3-1-2-4-9(7)13-8/h1-5,13H,6H2,(H,12,14)(H,15,16). The number of carbonyl (C=O) groups excluding carboxylic acids is 1. The van der Waals surface area contributed by atoms with Crippen molar-refractivity contribution >= 4 is 22.8 Å². The molecule has 2 rings (SSSR count). The topological polar surface area (TPSA) is 82.2 Å². The molecule has 82 valence electrons. The number of rotatable bonds is 2. The summed E-state index contributed by atoms with van der Waals surface area (Å²) in [6.07, 6.45) is 0. The van der Waals surface area contributed by atoms with E-state index in [-0.39, 0.29) is 6.54 Å². The molecule has 16 heavy (non-hydrogen) atoms. The molecule has 0 fully saturated rings. The minimum Gasteiger partial charge on any atom is -0.474 e. The highest BCUT2D eigenvalue weighted by Gasteiger charge is 2.10. The molecule has 0 atom stereocenters. The number of hydrogen-bond acceptors (Lipinski definition) is 2. The molecule has 0 unspecified atom stereocenters. The fourth-order valence-corrected chi connectivity index (χ4v) is 1.48. The Balaban J connectivity index is 2.10. The summed E-state index contributed by atoms with van der Waals surface area (Å²) in [7, 11) is 0. The van der Waals surface area contributed by atoms with Crippen molar-refractivity contribution in [2.24, 2.45) is 0 Å². The summed E-state index contributed by atoms with van der Waals surface area (Å²) < 4.78 is 0. The van der Waals surface area contributed by atoms with Crippen LogP contribution < -0.4 is 5.32 Å². The molecule has 3 N–H and O–H groups in total. The smallest absolute Gasteiger partial charge is 0.394 e. The van der Waals surface area contributed by atoms with Gasteiger partial charge in [0.15, 0.2) is 0 Å². The van der Waals surface area contributed by atoms with Gasteiger partial charge in [-0.05, 0) is 17.5 Å². The fraction of sp³-hybridized carbons (Fsp3) is 0.0909. The van der Waals surface area contributed by atoms with E-state index < -0.39 is 11.9 Å². The Bertz CT molecular complexity index is 512. The van der Waals surface area contributed by atoms with Gasteiger partial charge in [0, 0.05) is 11.2 Å². The van der Waals surface area contributed by atoms with E-state index in [2.05, 4.69) is 10.3 Å². The third-order valence-corrected chi connectivity index (χ3v) is 2.22. The second-order valence-electron chi connectivity index (χ2n) is 3.37. The van der Waals surface area contributed by atoms with Crippen LogP contribution >= 0.6 is 0 Å². The van der Waals surface area contributed by atoms with Gasteiger partial charge in [-0.3, -0.25) is 4.79 Å². The number of nitrogens with one attached hydrogen (secondary N) is 2. The molecule has 2 aromatic rings. The maximum atomic E-state index is 10.8. The van der Waals surface area contributed by atoms with Gasteiger partial charge in [-0.1, -0.05) is 18.2 Å². The summed E-state index contributed by atoms with van der Waals surface area (Å²) in [4.78, 5) is 24.2. The molecule has 1 heterocycles. The van der Waals surface area contributed by atoms with Crippen LogP contribution in [0.2, 0.25) is 0 Å². The van der Waals surface area contributed by atoms with Gasteiger partial charge < -0.3 is 15.4 Å². The normalized spacial score (nSPS) is 10.2. The van der Waals surface area contributed by atoms with Crippen molar-refractivity contribution in [3.63, 3.8) is 0 Å². The number of hydrogen-bond donors (Lipinski definition) is 3. The maximum absolute atomic E-state index is 10.8. The van der Waals surface area contributed by atoms with E-state index in [0.29, 0.717) is 0 Å². The molecule has 1 aromatic heterocycles. The van der Waals surface area contributed by atoms with Crippen molar-refractivity contribution in [1.82, 2.24) is 10.3 Å². The van der Waals surface area contributed by atoms with Gasteiger partial charge >= 0.3 is 11.9 Å². The molecule has 0 aliphatic heterocycles. The molecule has 0 spiro atoms. The molecule has 0 saturated carbocycles. The van der Waals surface area contributed by atoms with Gasteiger partial charge in [-0.15, -0.1) is 0 Å². The Labute approximate surface area is 91.1 Å². The number of para-hydroxylation sites is 1. The summed E-state index contributed by atoms with van der Waals surface area (Å²) in [5.74, 6) is -2.48. The Morgan fingerprint density at radius 2 is 2.06 bits per heavy atom. The van der Waals surface area contributed by atoms with E-state index >= 15 is 0 Å². The van der Waals surface area contributed by atoms with E-state index in [1.165, 1.54) is 0 Å². The van der Waals surface area contributed by atoms with Crippen molar-refractivity contribution in [3.8, 4) is 0 Å². The van der Waals surface area contributed by atoms with E-state index in [9.17, 15) is 9.59 Å². The number of aromatic nitrogens is 1. The third-order valence-electron chi connectivity index (χ3n) is 2.22. The predicted molar refractivity (Wildman–Crippen MR) is 57.8 cm³/mol. The van der Waals surface area contributed by atoms with Crippen LogP contribution in [0.3, 0.4) is 0 Å². The highest BCUT2D eigenvalue weighted by molar-refractivity contribution is 6.31. The van der Waals surface area contributed by atoms with Crippen molar-refractivity contribution in [2.45, 2.75) is 6.54 Å². The molecule has 5 nitrogen and oxygen atoms in total. The summed E-state index contributed by atoms with van der Waals surface area (Å²) in [6.45, 7) is 0.180. The van der Waals surface area contributed by atoms with Gasteiger partial charge in [-0.25, -0.2) is 4.79 Å². The Kier molecular flexibility index (Phi) is 2.59. The molecular formula is C11H10N2O3. The Morgan fingerprint density at radius 3 is 2.75 bits per heavy atom. The Hall–Kier alpha value is -2.30. The lowest BCUT2D eigenvalue weighted by Crippen LogP contribution is -2.30. The van der Waals surface area contributed by atoms with Crippen LogP contribution in [0, 0.1) is 0 Å². The number of aromatic amines is 1. The highest BCUT2D eigenvalue weighted by Crippen LogP contribution is 2.14. The number of amides is 1. The van der Waals surface area contributed by atoms with Gasteiger partial charge in [-0.2, -0.15) is 0 Å². The van der Waals surface area contributed by atoms with E-state index in [4.69, 9.17) is 5.11 Å². The van der Waals surface area contributed by atoms with Crippen molar-refractivity contribution in [3.05, 3.63) is 36.0 Å². The third kappa shape index (κ3) is 2.03. The Morgan fingerprint density at radius 1 is 1.31 bits per heavy atom. The van der Waals surface area contributed by atoms with Gasteiger partial charge in [0.25, 0.3) is 0 Å². The first-order valence-electron chi connectivity index (χ1n) is 4.74. The summed E-state index contributed by atoms with van der Waals surface area (Å²) >= 11 is 0. The van der Waals surface area contributed by atoms with Crippen LogP contribution in [0.25, 0.3) is 10.9 Å². The van der Waals surface area contributed by atoms with E-state index in [0.717, 1.165) is 16.6 Å². The average molecular weight is 218 g/mol. The zero-order valence-electron chi connectivity index (χ0n) is 8.36. The van der Waals surface area contributed by atoms with Crippen LogP contribution in [-0.4, -0.2) is 22.0 Å². The lowest BCUT2D eigenvalue weighted by atomic mass is 10.2. The van der Waals surface area contributed by atoms with Crippen LogP contribution in [0.1, 0.15) is 5.69 Å². The van der Waals surface area contributed by atoms with E-state index in [1.807, 2.05) is 30.3 Å². The second-order valence-corrected chi connectivity index (χ2v) is 3.37. The SMILES string of the molecule is O=C(O)C(=O)NCc1cc2ccccc2[nH]1. The summed E-state index contributed by atoms with van der Waals surface area (Å²) in [5.41, 5.74) is 1.73. The first-order valence-corrected chi connectivity index (χ1v) is 4.74. The fourth-order valence-electron chi connectivity index (χ4n) is 1.48. The zero-order valence-corrected chi connectivity index (χ0v) is 8.36. The van der Waals surface area contributed by atoms with Crippen molar-refractivity contribution in [2.75, 3.05) is 0 Å². The van der Waals surface area contributed by atoms with Crippen LogP contribution in [0.15, 0.2) is 30.3 Å². The number of carbonyl (C=O) groups is 2. The van der Waals surface area contributed by atoms with Crippen molar-refractivity contribution in [1.29, 1.82) is 0 Å². The van der Waals surface area contributed by atoms with Crippen LogP contribution in [0.5, 0.6) is 0 Å². The number of fused-ring (bicyclic) bond motifs is 1. The molecule has 5 heteroatoms. The molecule has 0 radical (unpaired) electrons. The second kappa shape index (κ2) is 4.06. The maximum Gasteiger partial charge on any atom is 0.394 e. The number of H-pyrrole nitrogens is 1. The largest absolute Gasteiger partial charge is 0.474 e. The van der Waals surface area contributed by atoms with Gasteiger partial charge in [0.2, 0.25) is 0 Å². The van der Waals surface area contributed by atoms with E-state index in [1.54, 1.807) is 0 Å². The lowest BCUT2D eigenvalue weighted by molar-refractivity contribution is -0.150. The number of carboxylic acid groups (broad SMARTS) is 1. The minimum absolute atomic E-state index is 0.180. The highest BCUT2D eigenvalue weighted by atomic mass is 16.4. The molecule has 1 aromatic carbocycles. The first-order chi connectivity index (χ1) is 7.66. The van der Waals surface area contributed by atoms with Crippen LogP contribution in [0.4, 0.5) is 0 Å². The monoisotopic (exact) mass is 218 g/mol. The number of benzene rings is 1. The van der Waals surface area contributed by atoms with Gasteiger partial charge in [0.05, 0.1) is 6.54 Å². The minimum atomic E-state index is -1.48. The molecule has 0 aliphatic rings. The quantitative estimate of drug-likeness (QED) is 0.654. The summed E-state index contributed by atoms with van der Waals surface area (Å²) in [6, 6.07) is 9.54.